The second kappa shape index (κ2) is 6.21. The standard InChI is InChI=1S/C17H18ClFN4O3/c1-21-10-17(26-9-13(21)24)4-6-22(7-5-17)16(25)14-15(19)23-8-11(18)2-3-12(23)20-14/h2-3,8H,4-7,9-10H2,1H3. The van der Waals surface area contributed by atoms with Crippen molar-refractivity contribution in [1.82, 2.24) is 19.2 Å². The molecular weight excluding hydrogens is 363 g/mol. The molecule has 1 spiro atoms. The molecule has 26 heavy (non-hydrogen) atoms. The molecule has 4 rings (SSSR count). The summed E-state index contributed by atoms with van der Waals surface area (Å²) < 4.78 is 21.5. The summed E-state index contributed by atoms with van der Waals surface area (Å²) in [6.07, 6.45) is 2.58. The van der Waals surface area contributed by atoms with E-state index in [9.17, 15) is 14.0 Å². The minimum Gasteiger partial charge on any atom is -0.363 e. The van der Waals surface area contributed by atoms with Crippen molar-refractivity contribution in [2.24, 2.45) is 0 Å². The smallest absolute Gasteiger partial charge is 0.277 e. The molecule has 0 radical (unpaired) electrons. The van der Waals surface area contributed by atoms with E-state index in [1.807, 2.05) is 0 Å². The van der Waals surface area contributed by atoms with E-state index in [4.69, 9.17) is 16.3 Å². The largest absolute Gasteiger partial charge is 0.363 e. The summed E-state index contributed by atoms with van der Waals surface area (Å²) in [7, 11) is 1.75. The molecule has 2 aromatic rings. The Morgan fingerprint density at radius 2 is 2.08 bits per heavy atom. The van der Waals surface area contributed by atoms with Crippen LogP contribution in [0.25, 0.3) is 5.65 Å². The molecule has 0 saturated carbocycles. The minimum absolute atomic E-state index is 0.0421. The molecule has 9 heteroatoms. The molecule has 0 atom stereocenters. The molecule has 2 amide bonds. The Hall–Kier alpha value is -2.19. The summed E-state index contributed by atoms with van der Waals surface area (Å²) in [6, 6.07) is 3.16. The first-order valence-electron chi connectivity index (χ1n) is 8.39. The average Bonchev–Trinajstić information content (AvgIpc) is 2.95. The van der Waals surface area contributed by atoms with Gasteiger partial charge in [0.25, 0.3) is 5.91 Å². The highest BCUT2D eigenvalue weighted by Gasteiger charge is 2.42. The zero-order valence-electron chi connectivity index (χ0n) is 14.2. The fraction of sp³-hybridized carbons (Fsp3) is 0.471. The Bertz CT molecular complexity index is 892. The molecule has 2 aliphatic rings. The maximum atomic E-state index is 14.6. The highest BCUT2D eigenvalue weighted by atomic mass is 35.5. The number of amides is 2. The monoisotopic (exact) mass is 380 g/mol. The second-order valence-corrected chi connectivity index (χ2v) is 7.28. The molecule has 0 aromatic carbocycles. The predicted octanol–water partition coefficient (Wildman–Crippen LogP) is 1.59. The lowest BCUT2D eigenvalue weighted by Gasteiger charge is -2.46. The van der Waals surface area contributed by atoms with Gasteiger partial charge in [-0.2, -0.15) is 4.39 Å². The molecular formula is C17H18ClFN4O3. The topological polar surface area (TPSA) is 67.2 Å². The molecule has 4 heterocycles. The third kappa shape index (κ3) is 2.83. The van der Waals surface area contributed by atoms with Crippen LogP contribution in [0.2, 0.25) is 5.02 Å². The van der Waals surface area contributed by atoms with Crippen molar-refractivity contribution in [3.05, 3.63) is 35.0 Å². The fourth-order valence-electron chi connectivity index (χ4n) is 3.59. The van der Waals surface area contributed by atoms with Gasteiger partial charge in [-0.1, -0.05) is 11.6 Å². The van der Waals surface area contributed by atoms with Crippen molar-refractivity contribution in [2.75, 3.05) is 33.3 Å². The first-order valence-corrected chi connectivity index (χ1v) is 8.77. The van der Waals surface area contributed by atoms with Crippen molar-refractivity contribution < 1.29 is 18.7 Å². The zero-order chi connectivity index (χ0) is 18.5. The fourth-order valence-corrected chi connectivity index (χ4v) is 3.75. The van der Waals surface area contributed by atoms with E-state index in [1.54, 1.807) is 29.0 Å². The SMILES string of the molecule is CN1CC2(CCN(C(=O)c3nc4ccc(Cl)cn4c3F)CC2)OCC1=O. The van der Waals surface area contributed by atoms with Gasteiger partial charge in [0.1, 0.15) is 12.3 Å². The van der Waals surface area contributed by atoms with Gasteiger partial charge in [0.2, 0.25) is 11.9 Å². The van der Waals surface area contributed by atoms with Crippen LogP contribution in [-0.4, -0.2) is 69.9 Å². The number of hydrogen-bond donors (Lipinski definition) is 0. The number of likely N-dealkylation sites (N-methyl/N-ethyl adjacent to an activating group) is 1. The lowest BCUT2D eigenvalue weighted by molar-refractivity contribution is -0.167. The average molecular weight is 381 g/mol. The Morgan fingerprint density at radius 1 is 1.35 bits per heavy atom. The van der Waals surface area contributed by atoms with E-state index in [-0.39, 0.29) is 18.2 Å². The van der Waals surface area contributed by atoms with Gasteiger partial charge in [0, 0.05) is 32.9 Å². The number of likely N-dealkylation sites (tertiary alicyclic amines) is 1. The van der Waals surface area contributed by atoms with Gasteiger partial charge in [-0.25, -0.2) is 4.98 Å². The van der Waals surface area contributed by atoms with E-state index >= 15 is 0 Å². The van der Waals surface area contributed by atoms with Gasteiger partial charge in [-0.3, -0.25) is 14.0 Å². The number of piperidine rings is 1. The summed E-state index contributed by atoms with van der Waals surface area (Å²) in [5.41, 5.74) is -0.302. The van der Waals surface area contributed by atoms with Crippen LogP contribution >= 0.6 is 11.6 Å². The van der Waals surface area contributed by atoms with Crippen LogP contribution in [-0.2, 0) is 9.53 Å². The number of fused-ring (bicyclic) bond motifs is 1. The van der Waals surface area contributed by atoms with Crippen LogP contribution in [0.15, 0.2) is 18.3 Å². The maximum absolute atomic E-state index is 14.6. The van der Waals surface area contributed by atoms with Crippen LogP contribution in [0.4, 0.5) is 4.39 Å². The summed E-state index contributed by atoms with van der Waals surface area (Å²) in [4.78, 5) is 31.7. The van der Waals surface area contributed by atoms with Crippen LogP contribution in [0.1, 0.15) is 23.3 Å². The first-order chi connectivity index (χ1) is 12.4. The third-order valence-corrected chi connectivity index (χ3v) is 5.37. The summed E-state index contributed by atoms with van der Waals surface area (Å²) in [6.45, 7) is 1.42. The lowest BCUT2D eigenvalue weighted by atomic mass is 9.89. The van der Waals surface area contributed by atoms with Crippen molar-refractivity contribution in [1.29, 1.82) is 0 Å². The number of carbonyl (C=O) groups excluding carboxylic acids is 2. The molecule has 2 fully saturated rings. The van der Waals surface area contributed by atoms with Gasteiger partial charge in [0.15, 0.2) is 5.69 Å². The lowest BCUT2D eigenvalue weighted by Crippen LogP contribution is -2.58. The zero-order valence-corrected chi connectivity index (χ0v) is 15.0. The summed E-state index contributed by atoms with van der Waals surface area (Å²) >= 11 is 5.88. The quantitative estimate of drug-likeness (QED) is 0.753. The molecule has 0 unspecified atom stereocenters. The highest BCUT2D eigenvalue weighted by Crippen LogP contribution is 2.30. The number of pyridine rings is 1. The van der Waals surface area contributed by atoms with Crippen molar-refractivity contribution in [3.63, 3.8) is 0 Å². The number of ether oxygens (including phenoxy) is 1. The van der Waals surface area contributed by atoms with Crippen LogP contribution < -0.4 is 0 Å². The van der Waals surface area contributed by atoms with Crippen LogP contribution in [0, 0.1) is 5.95 Å². The number of halogens is 2. The summed E-state index contributed by atoms with van der Waals surface area (Å²) in [5, 5.41) is 0.362. The van der Waals surface area contributed by atoms with Crippen molar-refractivity contribution >= 4 is 29.1 Å². The van der Waals surface area contributed by atoms with Gasteiger partial charge in [-0.05, 0) is 25.0 Å². The van der Waals surface area contributed by atoms with Gasteiger partial charge in [0.05, 0.1) is 10.6 Å². The molecule has 0 bridgehead atoms. The van der Waals surface area contributed by atoms with E-state index in [1.165, 1.54) is 10.6 Å². The number of nitrogens with zero attached hydrogens (tertiary/aromatic N) is 4. The molecule has 0 aliphatic carbocycles. The number of carbonyl (C=O) groups is 2. The van der Waals surface area contributed by atoms with Crippen molar-refractivity contribution in [3.8, 4) is 0 Å². The minimum atomic E-state index is -0.716. The number of imidazole rings is 1. The number of rotatable bonds is 1. The molecule has 0 N–H and O–H groups in total. The highest BCUT2D eigenvalue weighted by molar-refractivity contribution is 6.30. The van der Waals surface area contributed by atoms with Crippen molar-refractivity contribution in [2.45, 2.75) is 18.4 Å². The Morgan fingerprint density at radius 3 is 2.77 bits per heavy atom. The predicted molar refractivity (Wildman–Crippen MR) is 91.6 cm³/mol. The molecule has 2 aliphatic heterocycles. The van der Waals surface area contributed by atoms with Gasteiger partial charge in [-0.15, -0.1) is 0 Å². The molecule has 2 aromatic heterocycles. The third-order valence-electron chi connectivity index (χ3n) is 5.14. The maximum Gasteiger partial charge on any atom is 0.277 e. The Labute approximate surface area is 154 Å². The Kier molecular flexibility index (Phi) is 4.11. The van der Waals surface area contributed by atoms with E-state index in [2.05, 4.69) is 4.98 Å². The first kappa shape index (κ1) is 17.2. The normalized spacial score (nSPS) is 20.2. The molecule has 7 nitrogen and oxygen atoms in total. The number of aromatic nitrogens is 2. The van der Waals surface area contributed by atoms with Crippen LogP contribution in [0.3, 0.4) is 0 Å². The van der Waals surface area contributed by atoms with Gasteiger partial charge >= 0.3 is 0 Å². The van der Waals surface area contributed by atoms with E-state index < -0.39 is 17.5 Å². The number of hydrogen-bond acceptors (Lipinski definition) is 4. The number of morpholine rings is 1. The molecule has 2 saturated heterocycles. The summed E-state index contributed by atoms with van der Waals surface area (Å²) in [5.74, 6) is -1.20. The Balaban J connectivity index is 1.51. The van der Waals surface area contributed by atoms with Crippen LogP contribution in [0.5, 0.6) is 0 Å². The second-order valence-electron chi connectivity index (χ2n) is 6.84. The van der Waals surface area contributed by atoms with E-state index in [0.29, 0.717) is 43.1 Å². The molecule has 138 valence electrons. The van der Waals surface area contributed by atoms with Gasteiger partial charge < -0.3 is 14.5 Å². The van der Waals surface area contributed by atoms with E-state index in [0.717, 1.165) is 0 Å².